The number of benzene rings is 3. The molecule has 6 nitrogen and oxygen atoms in total. The fourth-order valence-corrected chi connectivity index (χ4v) is 5.83. The number of carbonyl (C=O) groups is 2. The molecular formula is C25H21F2N3O3S. The van der Waals surface area contributed by atoms with Crippen LogP contribution in [0, 0.1) is 11.6 Å². The fourth-order valence-electron chi connectivity index (χ4n) is 4.38. The maximum atomic E-state index is 14.4. The number of rotatable bonds is 4. The van der Waals surface area contributed by atoms with E-state index in [9.17, 15) is 18.4 Å². The zero-order valence-electron chi connectivity index (χ0n) is 18.3. The number of anilines is 2. The molecule has 0 unspecified atom stereocenters. The largest absolute Gasteiger partial charge is 0.497 e. The summed E-state index contributed by atoms with van der Waals surface area (Å²) in [7, 11) is 1.55. The van der Waals surface area contributed by atoms with Gasteiger partial charge >= 0.3 is 6.03 Å². The van der Waals surface area contributed by atoms with E-state index in [0.717, 1.165) is 5.56 Å². The van der Waals surface area contributed by atoms with Gasteiger partial charge in [0.2, 0.25) is 0 Å². The topological polar surface area (TPSA) is 61.9 Å². The summed E-state index contributed by atoms with van der Waals surface area (Å²) in [4.78, 5) is 28.8. The van der Waals surface area contributed by atoms with Gasteiger partial charge in [-0.2, -0.15) is 0 Å². The summed E-state index contributed by atoms with van der Waals surface area (Å²) < 4.78 is 32.9. The lowest BCUT2D eigenvalue weighted by atomic mass is 10.1. The first-order valence-electron chi connectivity index (χ1n) is 10.7. The van der Waals surface area contributed by atoms with Crippen LogP contribution in [-0.2, 0) is 16.2 Å². The molecule has 3 aromatic carbocycles. The predicted octanol–water partition coefficient (Wildman–Crippen LogP) is 4.95. The number of nitrogens with zero attached hydrogens (tertiary/aromatic N) is 2. The van der Waals surface area contributed by atoms with Gasteiger partial charge < -0.3 is 15.0 Å². The number of hydrogen-bond donors (Lipinski definition) is 1. The Bertz CT molecular complexity index is 1250. The average molecular weight is 482 g/mol. The highest BCUT2D eigenvalue weighted by molar-refractivity contribution is 8.01. The number of ether oxygens (including phenoxy) is 1. The van der Waals surface area contributed by atoms with Crippen LogP contribution in [0.15, 0.2) is 66.7 Å². The van der Waals surface area contributed by atoms with Gasteiger partial charge in [0.1, 0.15) is 17.4 Å². The Morgan fingerprint density at radius 3 is 2.47 bits per heavy atom. The Kier molecular flexibility index (Phi) is 5.65. The van der Waals surface area contributed by atoms with Gasteiger partial charge in [-0.05, 0) is 60.2 Å². The number of thioether (sulfide) groups is 1. The van der Waals surface area contributed by atoms with Gasteiger partial charge in [-0.25, -0.2) is 13.6 Å². The van der Waals surface area contributed by atoms with Gasteiger partial charge in [0.15, 0.2) is 4.87 Å². The van der Waals surface area contributed by atoms with Crippen molar-refractivity contribution in [1.82, 2.24) is 4.90 Å². The van der Waals surface area contributed by atoms with E-state index >= 15 is 0 Å². The molecule has 2 aliphatic rings. The second-order valence-electron chi connectivity index (χ2n) is 7.98. The molecule has 1 spiro atoms. The van der Waals surface area contributed by atoms with E-state index in [4.69, 9.17) is 4.74 Å². The van der Waals surface area contributed by atoms with Crippen LogP contribution >= 0.6 is 11.8 Å². The second-order valence-corrected chi connectivity index (χ2v) is 9.27. The number of fused-ring (bicyclic) bond motifs is 2. The van der Waals surface area contributed by atoms with Crippen molar-refractivity contribution in [1.29, 1.82) is 0 Å². The molecule has 0 aromatic heterocycles. The molecule has 1 saturated heterocycles. The third kappa shape index (κ3) is 3.66. The van der Waals surface area contributed by atoms with Crippen molar-refractivity contribution in [2.45, 2.75) is 11.4 Å². The number of amides is 3. The highest BCUT2D eigenvalue weighted by Gasteiger charge is 2.59. The van der Waals surface area contributed by atoms with Crippen molar-refractivity contribution in [3.8, 4) is 5.75 Å². The van der Waals surface area contributed by atoms with Crippen LogP contribution in [0.4, 0.5) is 25.0 Å². The summed E-state index contributed by atoms with van der Waals surface area (Å²) in [5.41, 5.74) is 2.24. The minimum atomic E-state index is -1.38. The average Bonchev–Trinajstić information content (AvgIpc) is 3.38. The van der Waals surface area contributed by atoms with Gasteiger partial charge in [0, 0.05) is 23.5 Å². The molecule has 1 atom stereocenters. The maximum absolute atomic E-state index is 14.4. The van der Waals surface area contributed by atoms with E-state index in [0.29, 0.717) is 35.0 Å². The van der Waals surface area contributed by atoms with E-state index in [-0.39, 0.29) is 18.3 Å². The molecule has 3 aromatic rings. The molecule has 1 N–H and O–H groups in total. The van der Waals surface area contributed by atoms with Crippen LogP contribution < -0.4 is 15.0 Å². The summed E-state index contributed by atoms with van der Waals surface area (Å²) in [6.45, 7) is 0.493. The summed E-state index contributed by atoms with van der Waals surface area (Å²) >= 11 is 1.31. The smallest absolute Gasteiger partial charge is 0.323 e. The number of hydrogen-bond acceptors (Lipinski definition) is 4. The minimum Gasteiger partial charge on any atom is -0.497 e. The number of nitrogens with one attached hydrogen (secondary N) is 1. The van der Waals surface area contributed by atoms with Crippen molar-refractivity contribution in [3.63, 3.8) is 0 Å². The number of urea groups is 1. The molecule has 34 heavy (non-hydrogen) atoms. The van der Waals surface area contributed by atoms with E-state index in [1.54, 1.807) is 49.6 Å². The van der Waals surface area contributed by atoms with Gasteiger partial charge in [-0.3, -0.25) is 9.69 Å². The van der Waals surface area contributed by atoms with Gasteiger partial charge in [0.25, 0.3) is 5.91 Å². The zero-order chi connectivity index (χ0) is 23.9. The lowest BCUT2D eigenvalue weighted by molar-refractivity contribution is -0.123. The molecule has 0 bridgehead atoms. The molecular weight excluding hydrogens is 460 g/mol. The Balaban J connectivity index is 1.50. The highest BCUT2D eigenvalue weighted by Crippen LogP contribution is 2.54. The van der Waals surface area contributed by atoms with E-state index in [2.05, 4.69) is 5.32 Å². The molecule has 5 rings (SSSR count). The van der Waals surface area contributed by atoms with Gasteiger partial charge in [-0.15, -0.1) is 11.8 Å². The summed E-state index contributed by atoms with van der Waals surface area (Å²) in [6.07, 6.45) is 0. The minimum absolute atomic E-state index is 0.175. The molecule has 0 aliphatic carbocycles. The monoisotopic (exact) mass is 481 g/mol. The standard InChI is InChI=1S/C25H21F2N3O3S/c1-33-20-9-7-19(8-10-20)28-24(32)30-12-13-34-25(30)21-14-18(27)6-11-22(21)29(23(25)31)15-16-2-4-17(26)5-3-16/h2-11,14H,12-13,15H2,1H3,(H,28,32)/t25-/m1/s1. The second kappa shape index (κ2) is 8.64. The molecule has 3 amide bonds. The van der Waals surface area contributed by atoms with Crippen molar-refractivity contribution >= 4 is 35.1 Å². The quantitative estimate of drug-likeness (QED) is 0.573. The number of carbonyl (C=O) groups excluding carboxylic acids is 2. The van der Waals surface area contributed by atoms with Crippen LogP contribution in [0.2, 0.25) is 0 Å². The van der Waals surface area contributed by atoms with Crippen molar-refractivity contribution in [3.05, 3.63) is 89.5 Å². The van der Waals surface area contributed by atoms with Gasteiger partial charge in [-0.1, -0.05) is 12.1 Å². The third-order valence-corrected chi connectivity index (χ3v) is 7.42. The summed E-state index contributed by atoms with van der Waals surface area (Å²) in [6, 6.07) is 16.4. The van der Waals surface area contributed by atoms with Crippen LogP contribution in [0.5, 0.6) is 5.75 Å². The Morgan fingerprint density at radius 1 is 1.06 bits per heavy atom. The molecule has 0 radical (unpaired) electrons. The molecule has 2 heterocycles. The number of methoxy groups -OCH3 is 1. The SMILES string of the molecule is COc1ccc(NC(=O)N2CCS[C@]23C(=O)N(Cc2ccc(F)cc2)c2ccc(F)cc23)cc1. The summed E-state index contributed by atoms with van der Waals surface area (Å²) in [5.74, 6) is -0.0224. The molecule has 174 valence electrons. The lowest BCUT2D eigenvalue weighted by Crippen LogP contribution is -2.51. The number of halogens is 2. The highest BCUT2D eigenvalue weighted by atomic mass is 32.2. The normalized spacial score (nSPS) is 19.0. The Morgan fingerprint density at radius 2 is 1.76 bits per heavy atom. The predicted molar refractivity (Wildman–Crippen MR) is 127 cm³/mol. The lowest BCUT2D eigenvalue weighted by Gasteiger charge is -2.33. The molecule has 1 fully saturated rings. The fraction of sp³-hybridized carbons (Fsp3) is 0.200. The van der Waals surface area contributed by atoms with Crippen LogP contribution in [0.25, 0.3) is 0 Å². The van der Waals surface area contributed by atoms with Crippen LogP contribution in [0.1, 0.15) is 11.1 Å². The van der Waals surface area contributed by atoms with Crippen LogP contribution in [-0.4, -0.2) is 36.2 Å². The first-order chi connectivity index (χ1) is 16.4. The third-order valence-electron chi connectivity index (χ3n) is 6.00. The van der Waals surface area contributed by atoms with Crippen molar-refractivity contribution < 1.29 is 23.1 Å². The first-order valence-corrected chi connectivity index (χ1v) is 11.6. The van der Waals surface area contributed by atoms with E-state index in [1.807, 2.05) is 0 Å². The Labute approximate surface area is 199 Å². The summed E-state index contributed by atoms with van der Waals surface area (Å²) in [5, 5.41) is 2.84. The van der Waals surface area contributed by atoms with Crippen LogP contribution in [0.3, 0.4) is 0 Å². The van der Waals surface area contributed by atoms with E-state index < -0.39 is 16.7 Å². The molecule has 0 saturated carbocycles. The van der Waals surface area contributed by atoms with Crippen molar-refractivity contribution in [2.75, 3.05) is 29.6 Å². The van der Waals surface area contributed by atoms with Gasteiger partial charge in [0.05, 0.1) is 19.3 Å². The maximum Gasteiger partial charge on any atom is 0.323 e. The Hall–Kier alpha value is -3.59. The molecule has 2 aliphatic heterocycles. The van der Waals surface area contributed by atoms with Crippen molar-refractivity contribution in [2.24, 2.45) is 0 Å². The zero-order valence-corrected chi connectivity index (χ0v) is 19.1. The molecule has 9 heteroatoms. The van der Waals surface area contributed by atoms with E-state index in [1.165, 1.54) is 45.8 Å². The first kappa shape index (κ1) is 22.2.